The van der Waals surface area contributed by atoms with Crippen molar-refractivity contribution in [2.24, 2.45) is 0 Å². The maximum absolute atomic E-state index is 13.4. The number of likely N-dealkylation sites (N-methyl/N-ethyl adjacent to an activating group) is 1. The largest absolute Gasteiger partial charge is 0.353 e. The van der Waals surface area contributed by atoms with Gasteiger partial charge in [0.1, 0.15) is 6.54 Å². The number of carbonyl (C=O) groups excluding carboxylic acids is 1. The molecule has 1 aliphatic heterocycles. The predicted molar refractivity (Wildman–Crippen MR) is 128 cm³/mol. The van der Waals surface area contributed by atoms with Crippen molar-refractivity contribution in [2.75, 3.05) is 22.9 Å². The van der Waals surface area contributed by atoms with E-state index in [0.29, 0.717) is 24.7 Å². The third kappa shape index (κ3) is 3.88. The van der Waals surface area contributed by atoms with E-state index < -0.39 is 0 Å². The molecule has 0 aliphatic carbocycles. The van der Waals surface area contributed by atoms with Gasteiger partial charge in [0.25, 0.3) is 0 Å². The van der Waals surface area contributed by atoms with Gasteiger partial charge in [-0.2, -0.15) is 0 Å². The van der Waals surface area contributed by atoms with E-state index in [0.717, 1.165) is 24.3 Å². The van der Waals surface area contributed by atoms with Crippen LogP contribution in [0.15, 0.2) is 65.5 Å². The van der Waals surface area contributed by atoms with Gasteiger partial charge in [0, 0.05) is 37.1 Å². The number of aromatic nitrogens is 4. The molecule has 4 aromatic rings. The van der Waals surface area contributed by atoms with Crippen molar-refractivity contribution in [3.05, 3.63) is 88.0 Å². The highest BCUT2D eigenvalue weighted by atomic mass is 16.2. The van der Waals surface area contributed by atoms with Crippen molar-refractivity contribution in [1.29, 1.82) is 0 Å². The Kier molecular flexibility index (Phi) is 5.42. The molecule has 0 unspecified atom stereocenters. The fraction of sp³-hybridized carbons (Fsp3) is 0.280. The summed E-state index contributed by atoms with van der Waals surface area (Å²) in [6, 6.07) is 19.6. The number of carbonyl (C=O) groups is 1. The Bertz CT molecular complexity index is 1370. The van der Waals surface area contributed by atoms with E-state index in [-0.39, 0.29) is 18.1 Å². The lowest BCUT2D eigenvalue weighted by atomic mass is 10.0. The van der Waals surface area contributed by atoms with Crippen molar-refractivity contribution >= 4 is 23.2 Å². The molecule has 0 N–H and O–H groups in total. The number of para-hydroxylation sites is 1. The zero-order valence-corrected chi connectivity index (χ0v) is 18.8. The molecule has 1 aliphatic rings. The summed E-state index contributed by atoms with van der Waals surface area (Å²) in [6.07, 6.45) is 0.886. The summed E-state index contributed by atoms with van der Waals surface area (Å²) < 4.78 is 2.76. The number of benzene rings is 2. The second kappa shape index (κ2) is 8.54. The van der Waals surface area contributed by atoms with Crippen LogP contribution in [0.25, 0.3) is 5.65 Å². The summed E-state index contributed by atoms with van der Waals surface area (Å²) >= 11 is 0. The lowest BCUT2D eigenvalue weighted by molar-refractivity contribution is -0.119. The van der Waals surface area contributed by atoms with E-state index in [1.165, 1.54) is 20.2 Å². The van der Waals surface area contributed by atoms with Gasteiger partial charge in [-0.05, 0) is 43.5 Å². The summed E-state index contributed by atoms with van der Waals surface area (Å²) in [6.45, 7) is 5.61. The van der Waals surface area contributed by atoms with Gasteiger partial charge in [0.05, 0.1) is 0 Å². The molecule has 3 heterocycles. The Labute approximate surface area is 191 Å². The van der Waals surface area contributed by atoms with Crippen LogP contribution in [0, 0.1) is 6.92 Å². The van der Waals surface area contributed by atoms with Crippen LogP contribution in [0.2, 0.25) is 0 Å². The van der Waals surface area contributed by atoms with Gasteiger partial charge < -0.3 is 9.80 Å². The maximum Gasteiger partial charge on any atom is 0.353 e. The standard InChI is InChI=1S/C25H26N6O2/c1-3-29(21-11-5-4-6-12-21)23(32)17-30-25(33)31-22(27-30)15-18(2)26-24(31)28-14-13-19-9-7-8-10-20(19)16-28/h4-12,15H,3,13-14,16-17H2,1-2H3. The molecule has 0 bridgehead atoms. The lowest BCUT2D eigenvalue weighted by Crippen LogP contribution is -2.38. The van der Waals surface area contributed by atoms with Gasteiger partial charge >= 0.3 is 5.69 Å². The van der Waals surface area contributed by atoms with Crippen LogP contribution in [0.4, 0.5) is 11.6 Å². The van der Waals surface area contributed by atoms with Gasteiger partial charge in [-0.15, -0.1) is 5.10 Å². The predicted octanol–water partition coefficient (Wildman–Crippen LogP) is 2.82. The molecule has 0 saturated carbocycles. The summed E-state index contributed by atoms with van der Waals surface area (Å²) in [4.78, 5) is 34.9. The van der Waals surface area contributed by atoms with E-state index in [2.05, 4.69) is 28.2 Å². The van der Waals surface area contributed by atoms with Crippen molar-refractivity contribution < 1.29 is 4.79 Å². The number of amides is 1. The van der Waals surface area contributed by atoms with Crippen molar-refractivity contribution in [3.8, 4) is 0 Å². The number of nitrogens with zero attached hydrogens (tertiary/aromatic N) is 6. The Hall–Kier alpha value is -3.94. The van der Waals surface area contributed by atoms with Gasteiger partial charge in [-0.1, -0.05) is 42.5 Å². The van der Waals surface area contributed by atoms with E-state index >= 15 is 0 Å². The third-order valence-electron chi connectivity index (χ3n) is 6.06. The molecule has 5 rings (SSSR count). The minimum absolute atomic E-state index is 0.134. The molecule has 0 fully saturated rings. The third-order valence-corrected chi connectivity index (χ3v) is 6.06. The van der Waals surface area contributed by atoms with Gasteiger partial charge in [0.15, 0.2) is 5.65 Å². The lowest BCUT2D eigenvalue weighted by Gasteiger charge is -2.29. The second-order valence-corrected chi connectivity index (χ2v) is 8.25. The molecule has 0 saturated heterocycles. The Balaban J connectivity index is 1.50. The molecular weight excluding hydrogens is 416 g/mol. The number of rotatable bonds is 5. The Morgan fingerprint density at radius 1 is 1.06 bits per heavy atom. The smallest absolute Gasteiger partial charge is 0.337 e. The topological polar surface area (TPSA) is 75.7 Å². The molecule has 33 heavy (non-hydrogen) atoms. The molecule has 1 amide bonds. The summed E-state index contributed by atoms with van der Waals surface area (Å²) in [5, 5.41) is 4.48. The van der Waals surface area contributed by atoms with Crippen LogP contribution in [0.5, 0.6) is 0 Å². The number of anilines is 2. The van der Waals surface area contributed by atoms with Crippen molar-refractivity contribution in [2.45, 2.75) is 33.4 Å². The Morgan fingerprint density at radius 3 is 2.55 bits per heavy atom. The fourth-order valence-electron chi connectivity index (χ4n) is 4.44. The van der Waals surface area contributed by atoms with Crippen LogP contribution >= 0.6 is 0 Å². The number of fused-ring (bicyclic) bond motifs is 2. The molecule has 0 spiro atoms. The first kappa shape index (κ1) is 20.9. The van der Waals surface area contributed by atoms with Gasteiger partial charge in [-0.25, -0.2) is 18.9 Å². The molecule has 8 heteroatoms. The van der Waals surface area contributed by atoms with Crippen LogP contribution in [-0.4, -0.2) is 38.2 Å². The zero-order chi connectivity index (χ0) is 22.9. The maximum atomic E-state index is 13.4. The molecule has 2 aromatic heterocycles. The molecule has 0 atom stereocenters. The number of aryl methyl sites for hydroxylation is 1. The quantitative estimate of drug-likeness (QED) is 0.475. The fourth-order valence-corrected chi connectivity index (χ4v) is 4.44. The first-order valence-corrected chi connectivity index (χ1v) is 11.2. The molecule has 8 nitrogen and oxygen atoms in total. The monoisotopic (exact) mass is 442 g/mol. The summed E-state index contributed by atoms with van der Waals surface area (Å²) in [5.74, 6) is 0.381. The molecule has 168 valence electrons. The van der Waals surface area contributed by atoms with E-state index in [4.69, 9.17) is 4.98 Å². The summed E-state index contributed by atoms with van der Waals surface area (Å²) in [5.41, 5.74) is 4.27. The van der Waals surface area contributed by atoms with Crippen LogP contribution in [-0.2, 0) is 24.3 Å². The highest BCUT2D eigenvalue weighted by Gasteiger charge is 2.23. The average Bonchev–Trinajstić information content (AvgIpc) is 3.14. The minimum atomic E-state index is -0.358. The molecule has 0 radical (unpaired) electrons. The minimum Gasteiger partial charge on any atom is -0.337 e. The second-order valence-electron chi connectivity index (χ2n) is 8.25. The highest BCUT2D eigenvalue weighted by Crippen LogP contribution is 2.23. The van der Waals surface area contributed by atoms with Crippen LogP contribution < -0.4 is 15.5 Å². The Morgan fingerprint density at radius 2 is 1.79 bits per heavy atom. The molecular formula is C25H26N6O2. The van der Waals surface area contributed by atoms with Gasteiger partial charge in [0.2, 0.25) is 11.9 Å². The van der Waals surface area contributed by atoms with E-state index in [9.17, 15) is 9.59 Å². The van der Waals surface area contributed by atoms with Gasteiger partial charge in [-0.3, -0.25) is 4.79 Å². The zero-order valence-electron chi connectivity index (χ0n) is 18.8. The van der Waals surface area contributed by atoms with E-state index in [1.54, 1.807) is 11.0 Å². The first-order valence-electron chi connectivity index (χ1n) is 11.2. The molecule has 2 aromatic carbocycles. The number of hydrogen-bond acceptors (Lipinski definition) is 5. The van der Waals surface area contributed by atoms with Crippen molar-refractivity contribution in [1.82, 2.24) is 19.2 Å². The van der Waals surface area contributed by atoms with Crippen LogP contribution in [0.1, 0.15) is 23.7 Å². The normalized spacial score (nSPS) is 13.2. The van der Waals surface area contributed by atoms with Crippen molar-refractivity contribution in [3.63, 3.8) is 0 Å². The average molecular weight is 443 g/mol. The van der Waals surface area contributed by atoms with Crippen LogP contribution in [0.3, 0.4) is 0 Å². The number of hydrogen-bond donors (Lipinski definition) is 0. The highest BCUT2D eigenvalue weighted by molar-refractivity contribution is 5.93. The SMILES string of the molecule is CCN(C(=O)Cn1nc2cc(C)nc(N3CCc4ccccc4C3)n2c1=O)c1ccccc1. The summed E-state index contributed by atoms with van der Waals surface area (Å²) in [7, 11) is 0. The first-order chi connectivity index (χ1) is 16.0. The van der Waals surface area contributed by atoms with E-state index in [1.807, 2.05) is 50.2 Å².